The summed E-state index contributed by atoms with van der Waals surface area (Å²) < 4.78 is 12.5. The first-order valence-electron chi connectivity index (χ1n) is 7.32. The van der Waals surface area contributed by atoms with E-state index in [9.17, 15) is 20.4 Å². The van der Waals surface area contributed by atoms with Crippen molar-refractivity contribution in [3.05, 3.63) is 24.3 Å². The lowest BCUT2D eigenvalue weighted by atomic mass is 9.99. The van der Waals surface area contributed by atoms with Crippen LogP contribution in [0.4, 0.5) is 0 Å². The Hall–Kier alpha value is -2.11. The Bertz CT molecular complexity index is 693. The minimum atomic E-state index is -1.51. The van der Waals surface area contributed by atoms with Gasteiger partial charge in [0.1, 0.15) is 30.2 Å². The summed E-state index contributed by atoms with van der Waals surface area (Å²) >= 11 is 0. The van der Waals surface area contributed by atoms with Gasteiger partial charge in [-0.1, -0.05) is 12.1 Å². The van der Waals surface area contributed by atoms with Crippen molar-refractivity contribution in [3.8, 4) is 17.1 Å². The molecule has 130 valence electrons. The molecular formula is C14H18N4O6. The third kappa shape index (κ3) is 2.97. The fraction of sp³-hybridized carbons (Fsp3) is 0.500. The fourth-order valence-electron chi connectivity index (χ4n) is 2.50. The van der Waals surface area contributed by atoms with Gasteiger partial charge < -0.3 is 29.9 Å². The van der Waals surface area contributed by atoms with Crippen molar-refractivity contribution in [2.75, 3.05) is 6.61 Å². The monoisotopic (exact) mass is 338 g/mol. The van der Waals surface area contributed by atoms with E-state index in [-0.39, 0.29) is 0 Å². The Labute approximate surface area is 136 Å². The lowest BCUT2D eigenvalue weighted by Gasteiger charge is -2.39. The Balaban J connectivity index is 1.87. The Morgan fingerprint density at radius 1 is 1.17 bits per heavy atom. The van der Waals surface area contributed by atoms with Crippen LogP contribution in [0.25, 0.3) is 11.4 Å². The number of hydrogen-bond acceptors (Lipinski definition) is 9. The molecule has 1 fully saturated rings. The van der Waals surface area contributed by atoms with Gasteiger partial charge in [-0.05, 0) is 22.6 Å². The van der Waals surface area contributed by atoms with E-state index in [0.717, 1.165) is 0 Å². The number of aryl methyl sites for hydroxylation is 1. The number of tetrazole rings is 1. The van der Waals surface area contributed by atoms with Crippen molar-refractivity contribution in [1.82, 2.24) is 20.2 Å². The lowest BCUT2D eigenvalue weighted by Crippen LogP contribution is -2.60. The predicted molar refractivity (Wildman–Crippen MR) is 78.6 cm³/mol. The largest absolute Gasteiger partial charge is 0.461 e. The molecule has 0 spiro atoms. The van der Waals surface area contributed by atoms with Crippen LogP contribution in [-0.4, -0.2) is 77.9 Å². The number of nitrogens with zero attached hydrogens (tertiary/aromatic N) is 4. The molecule has 10 heteroatoms. The maximum absolute atomic E-state index is 10.1. The van der Waals surface area contributed by atoms with E-state index >= 15 is 0 Å². The lowest BCUT2D eigenvalue weighted by molar-refractivity contribution is -0.277. The van der Waals surface area contributed by atoms with Gasteiger partial charge in [0, 0.05) is 7.05 Å². The molecule has 0 radical (unpaired) electrons. The SMILES string of the molecule is Cn1nnnc1-c1ccccc1O[C@@H]1O[C@H](CO)[C@@H](O)[C@H](O)[C@H]1O. The van der Waals surface area contributed by atoms with Gasteiger partial charge in [0.05, 0.1) is 12.2 Å². The van der Waals surface area contributed by atoms with Gasteiger partial charge in [-0.25, -0.2) is 4.68 Å². The number of para-hydroxylation sites is 1. The summed E-state index contributed by atoms with van der Waals surface area (Å²) in [7, 11) is 1.67. The van der Waals surface area contributed by atoms with E-state index in [1.807, 2.05) is 0 Å². The zero-order chi connectivity index (χ0) is 17.3. The zero-order valence-corrected chi connectivity index (χ0v) is 12.8. The Morgan fingerprint density at radius 3 is 2.58 bits per heavy atom. The van der Waals surface area contributed by atoms with Gasteiger partial charge in [0.15, 0.2) is 5.82 Å². The van der Waals surface area contributed by atoms with Crippen molar-refractivity contribution in [2.24, 2.45) is 7.05 Å². The van der Waals surface area contributed by atoms with Gasteiger partial charge >= 0.3 is 0 Å². The van der Waals surface area contributed by atoms with E-state index in [1.54, 1.807) is 31.3 Å². The van der Waals surface area contributed by atoms with Crippen molar-refractivity contribution in [3.63, 3.8) is 0 Å². The molecule has 24 heavy (non-hydrogen) atoms. The van der Waals surface area contributed by atoms with Crippen LogP contribution in [0, 0.1) is 0 Å². The molecule has 1 aromatic carbocycles. The number of aliphatic hydroxyl groups excluding tert-OH is 4. The fourth-order valence-corrected chi connectivity index (χ4v) is 2.50. The van der Waals surface area contributed by atoms with Crippen LogP contribution in [-0.2, 0) is 11.8 Å². The molecule has 10 nitrogen and oxygen atoms in total. The molecule has 0 unspecified atom stereocenters. The van der Waals surface area contributed by atoms with Crippen molar-refractivity contribution in [2.45, 2.75) is 30.7 Å². The highest BCUT2D eigenvalue weighted by atomic mass is 16.7. The summed E-state index contributed by atoms with van der Waals surface area (Å²) in [6.07, 6.45) is -6.76. The number of aliphatic hydroxyl groups is 4. The van der Waals surface area contributed by atoms with E-state index in [4.69, 9.17) is 9.47 Å². The number of hydrogen-bond donors (Lipinski definition) is 4. The number of benzene rings is 1. The second kappa shape index (κ2) is 6.79. The first kappa shape index (κ1) is 16.7. The summed E-state index contributed by atoms with van der Waals surface area (Å²) in [6.45, 7) is -0.528. The van der Waals surface area contributed by atoms with Gasteiger partial charge in [0.25, 0.3) is 0 Å². The summed E-state index contributed by atoms with van der Waals surface area (Å²) in [5, 5.41) is 50.2. The van der Waals surface area contributed by atoms with Crippen LogP contribution in [0.15, 0.2) is 24.3 Å². The van der Waals surface area contributed by atoms with Crippen LogP contribution in [0.1, 0.15) is 0 Å². The van der Waals surface area contributed by atoms with Gasteiger partial charge in [-0.2, -0.15) is 0 Å². The standard InChI is InChI=1S/C14H18N4O6/c1-18-13(15-16-17-18)7-4-2-3-5-8(7)23-14-12(22)11(21)10(20)9(6-19)24-14/h2-5,9-12,14,19-22H,6H2,1H3/t9-,10-,11+,12-,14-/m1/s1. The average molecular weight is 338 g/mol. The Kier molecular flexibility index (Phi) is 4.73. The highest BCUT2D eigenvalue weighted by Crippen LogP contribution is 2.31. The van der Waals surface area contributed by atoms with Crippen molar-refractivity contribution >= 4 is 0 Å². The molecule has 3 rings (SSSR count). The van der Waals surface area contributed by atoms with Crippen LogP contribution in [0.3, 0.4) is 0 Å². The summed E-state index contributed by atoms with van der Waals surface area (Å²) in [5.41, 5.74) is 0.557. The van der Waals surface area contributed by atoms with Crippen LogP contribution in [0.5, 0.6) is 5.75 Å². The molecule has 0 amide bonds. The van der Waals surface area contributed by atoms with Crippen LogP contribution >= 0.6 is 0 Å². The molecule has 5 atom stereocenters. The maximum Gasteiger partial charge on any atom is 0.229 e. The van der Waals surface area contributed by atoms with E-state index < -0.39 is 37.3 Å². The molecule has 0 bridgehead atoms. The molecule has 1 aliphatic heterocycles. The summed E-state index contributed by atoms with van der Waals surface area (Å²) in [6, 6.07) is 6.84. The second-order valence-corrected chi connectivity index (χ2v) is 5.44. The molecule has 1 aromatic heterocycles. The minimum Gasteiger partial charge on any atom is -0.461 e. The van der Waals surface area contributed by atoms with E-state index in [1.165, 1.54) is 4.68 Å². The maximum atomic E-state index is 10.1. The molecule has 2 aromatic rings. The average Bonchev–Trinajstić information content (AvgIpc) is 3.01. The van der Waals surface area contributed by atoms with Crippen LogP contribution < -0.4 is 4.74 Å². The Morgan fingerprint density at radius 2 is 1.92 bits per heavy atom. The molecule has 0 saturated carbocycles. The first-order valence-corrected chi connectivity index (χ1v) is 7.32. The van der Waals surface area contributed by atoms with E-state index in [0.29, 0.717) is 17.1 Å². The summed E-state index contributed by atoms with van der Waals surface area (Å²) in [4.78, 5) is 0. The molecule has 1 aliphatic rings. The van der Waals surface area contributed by atoms with Crippen molar-refractivity contribution < 1.29 is 29.9 Å². The highest BCUT2D eigenvalue weighted by molar-refractivity contribution is 5.63. The second-order valence-electron chi connectivity index (χ2n) is 5.44. The number of ether oxygens (including phenoxy) is 2. The normalized spacial score (nSPS) is 30.3. The first-order chi connectivity index (χ1) is 11.5. The highest BCUT2D eigenvalue weighted by Gasteiger charge is 2.44. The molecule has 0 aliphatic carbocycles. The minimum absolute atomic E-state index is 0.319. The summed E-state index contributed by atoms with van der Waals surface area (Å²) in [5.74, 6) is 0.759. The topological polar surface area (TPSA) is 143 Å². The zero-order valence-electron chi connectivity index (χ0n) is 12.8. The van der Waals surface area contributed by atoms with Crippen molar-refractivity contribution in [1.29, 1.82) is 0 Å². The molecular weight excluding hydrogens is 320 g/mol. The van der Waals surface area contributed by atoms with Gasteiger partial charge in [0.2, 0.25) is 6.29 Å². The predicted octanol–water partition coefficient (Wildman–Crippen LogP) is -1.94. The third-order valence-electron chi connectivity index (χ3n) is 3.84. The van der Waals surface area contributed by atoms with Gasteiger partial charge in [-0.15, -0.1) is 5.10 Å². The van der Waals surface area contributed by atoms with E-state index in [2.05, 4.69) is 15.5 Å². The smallest absolute Gasteiger partial charge is 0.229 e. The molecule has 1 saturated heterocycles. The molecule has 4 N–H and O–H groups in total. The number of aromatic nitrogens is 4. The third-order valence-corrected chi connectivity index (χ3v) is 3.84. The number of rotatable bonds is 4. The molecule has 2 heterocycles. The van der Waals surface area contributed by atoms with Gasteiger partial charge in [-0.3, -0.25) is 0 Å². The quantitative estimate of drug-likeness (QED) is 0.500. The van der Waals surface area contributed by atoms with Crippen LogP contribution in [0.2, 0.25) is 0 Å².